The lowest BCUT2D eigenvalue weighted by atomic mass is 9.45. The minimum absolute atomic E-state index is 0.134. The highest BCUT2D eigenvalue weighted by molar-refractivity contribution is 5.96. The van der Waals surface area contributed by atoms with Crippen molar-refractivity contribution in [3.63, 3.8) is 0 Å². The molecular weight excluding hydrogens is 621 g/mol. The van der Waals surface area contributed by atoms with E-state index in [1.54, 1.807) is 23.0 Å². The Bertz CT molecular complexity index is 1710. The predicted octanol–water partition coefficient (Wildman–Crippen LogP) is 4.58. The van der Waals surface area contributed by atoms with Gasteiger partial charge in [-0.2, -0.15) is 0 Å². The molecule has 10 nitrogen and oxygen atoms in total. The summed E-state index contributed by atoms with van der Waals surface area (Å²) < 4.78 is 26.7. The topological polar surface area (TPSA) is 87.5 Å². The predicted molar refractivity (Wildman–Crippen MR) is 192 cm³/mol. The lowest BCUT2D eigenvalue weighted by Gasteiger charge is -2.61. The third kappa shape index (κ3) is 7.21. The fourth-order valence-corrected chi connectivity index (χ4v) is 8.56. The third-order valence-corrected chi connectivity index (χ3v) is 12.1. The Labute approximate surface area is 289 Å². The summed E-state index contributed by atoms with van der Waals surface area (Å²) in [7, 11) is 1.51. The molecule has 3 aromatic rings. The minimum Gasteiger partial charge on any atom is -0.497 e. The average Bonchev–Trinajstić information content (AvgIpc) is 3.11. The van der Waals surface area contributed by atoms with Crippen LogP contribution in [0.15, 0.2) is 52.5 Å². The summed E-state index contributed by atoms with van der Waals surface area (Å²) in [5.74, 6) is 3.04. The number of aliphatic imine (C=N–C) groups is 1. The summed E-state index contributed by atoms with van der Waals surface area (Å²) in [5, 5.41) is 4.23. The highest BCUT2D eigenvalue weighted by Gasteiger charge is 2.56. The molecule has 2 bridgehead atoms. The molecule has 0 unspecified atom stereocenters. The number of methoxy groups -OCH3 is 1. The molecule has 5 fully saturated rings. The number of benzene rings is 2. The number of rotatable bonds is 9. The van der Waals surface area contributed by atoms with E-state index in [0.29, 0.717) is 58.5 Å². The first kappa shape index (κ1) is 33.9. The van der Waals surface area contributed by atoms with Crippen molar-refractivity contribution in [2.75, 3.05) is 78.0 Å². The van der Waals surface area contributed by atoms with Crippen LogP contribution in [0.25, 0.3) is 10.9 Å². The first-order chi connectivity index (χ1) is 23.7. The second-order valence-corrected chi connectivity index (χ2v) is 15.1. The smallest absolute Gasteiger partial charge is 0.261 e. The summed E-state index contributed by atoms with van der Waals surface area (Å²) in [5.41, 5.74) is 2.31. The molecular formula is C38H52FN7O3. The molecule has 2 aliphatic heterocycles. The van der Waals surface area contributed by atoms with Gasteiger partial charge in [0, 0.05) is 70.7 Å². The van der Waals surface area contributed by atoms with Gasteiger partial charge < -0.3 is 19.7 Å². The lowest BCUT2D eigenvalue weighted by molar-refractivity contribution is -0.108. The number of hydrogen-bond donors (Lipinski definition) is 1. The quantitative estimate of drug-likeness (QED) is 0.261. The van der Waals surface area contributed by atoms with Gasteiger partial charge in [0.1, 0.15) is 11.6 Å². The van der Waals surface area contributed by atoms with Gasteiger partial charge in [-0.25, -0.2) is 14.4 Å². The van der Waals surface area contributed by atoms with Crippen molar-refractivity contribution >= 4 is 22.5 Å². The third-order valence-electron chi connectivity index (χ3n) is 12.1. The van der Waals surface area contributed by atoms with E-state index in [2.05, 4.69) is 45.8 Å². The molecule has 1 aromatic heterocycles. The molecule has 2 aromatic carbocycles. The molecule has 3 saturated carbocycles. The largest absolute Gasteiger partial charge is 0.497 e. The second-order valence-electron chi connectivity index (χ2n) is 15.1. The number of guanidine groups is 1. The number of piperazine rings is 1. The number of aryl methyl sites for hydroxylation is 2. The fraction of sp³-hybridized carbons (Fsp3) is 0.605. The zero-order chi connectivity index (χ0) is 34.1. The van der Waals surface area contributed by atoms with Gasteiger partial charge in [0.2, 0.25) is 0 Å². The molecule has 4 atom stereocenters. The summed E-state index contributed by atoms with van der Waals surface area (Å²) in [6.45, 7) is 17.3. The highest BCUT2D eigenvalue weighted by Crippen LogP contribution is 2.61. The molecule has 3 aliphatic carbocycles. The lowest BCUT2D eigenvalue weighted by Crippen LogP contribution is -2.57. The van der Waals surface area contributed by atoms with Crippen molar-refractivity contribution in [2.24, 2.45) is 28.2 Å². The number of anilines is 1. The van der Waals surface area contributed by atoms with Crippen molar-refractivity contribution in [1.82, 2.24) is 24.3 Å². The monoisotopic (exact) mass is 673 g/mol. The van der Waals surface area contributed by atoms with Crippen molar-refractivity contribution in [3.05, 3.63) is 64.5 Å². The van der Waals surface area contributed by atoms with E-state index in [0.717, 1.165) is 89.6 Å². The van der Waals surface area contributed by atoms with E-state index in [4.69, 9.17) is 14.5 Å². The van der Waals surface area contributed by atoms with Crippen LogP contribution >= 0.6 is 0 Å². The van der Waals surface area contributed by atoms with Gasteiger partial charge in [0.25, 0.3) is 5.56 Å². The van der Waals surface area contributed by atoms with E-state index in [9.17, 15) is 9.18 Å². The Morgan fingerprint density at radius 3 is 2.47 bits per heavy atom. The number of nitrogens with zero attached hydrogens (tertiary/aromatic N) is 6. The van der Waals surface area contributed by atoms with Gasteiger partial charge >= 0.3 is 0 Å². The second kappa shape index (κ2) is 14.4. The number of halogens is 1. The number of ether oxygens (including phenoxy) is 2. The number of hydrogen-bond acceptors (Lipinski definition) is 7. The number of aromatic nitrogens is 2. The summed E-state index contributed by atoms with van der Waals surface area (Å²) >= 11 is 0. The maximum Gasteiger partial charge on any atom is 0.261 e. The van der Waals surface area contributed by atoms with E-state index in [1.807, 2.05) is 18.2 Å². The minimum atomic E-state index is -0.341. The van der Waals surface area contributed by atoms with Crippen LogP contribution in [0.2, 0.25) is 0 Å². The summed E-state index contributed by atoms with van der Waals surface area (Å²) in [6.07, 6.45) is 4.41. The van der Waals surface area contributed by atoms with Crippen LogP contribution in [0.4, 0.5) is 10.1 Å². The number of fused-ring (bicyclic) bond motifs is 3. The van der Waals surface area contributed by atoms with Crippen LogP contribution in [0.3, 0.4) is 0 Å². The van der Waals surface area contributed by atoms with Crippen molar-refractivity contribution in [2.45, 2.75) is 52.6 Å². The zero-order valence-corrected chi connectivity index (χ0v) is 29.5. The molecule has 264 valence electrons. The Morgan fingerprint density at radius 2 is 1.78 bits per heavy atom. The van der Waals surface area contributed by atoms with E-state index in [1.165, 1.54) is 19.6 Å². The van der Waals surface area contributed by atoms with Crippen LogP contribution < -0.4 is 15.6 Å². The van der Waals surface area contributed by atoms with Gasteiger partial charge in [-0.15, -0.1) is 0 Å². The SMILES string of the molecule is COc1ccc(CCn2cnc3cc(N/C(=N/[C@H]4C[C@@H]5C[C@H]([C@@H]4C)C5(C)C)N4CCN(CCN5CCOCC5)CC4)ccc3c2=O)c(F)c1. The fourth-order valence-electron chi connectivity index (χ4n) is 8.56. The summed E-state index contributed by atoms with van der Waals surface area (Å²) in [4.78, 5) is 31.0. The number of nitrogens with one attached hydrogen (secondary N) is 1. The van der Waals surface area contributed by atoms with Crippen LogP contribution in [-0.4, -0.2) is 109 Å². The maximum absolute atomic E-state index is 14.5. The van der Waals surface area contributed by atoms with E-state index < -0.39 is 0 Å². The highest BCUT2D eigenvalue weighted by atomic mass is 19.1. The molecule has 0 amide bonds. The van der Waals surface area contributed by atoms with Crippen molar-refractivity contribution in [3.8, 4) is 5.75 Å². The first-order valence-corrected chi connectivity index (χ1v) is 18.1. The van der Waals surface area contributed by atoms with E-state index >= 15 is 0 Å². The summed E-state index contributed by atoms with van der Waals surface area (Å²) in [6, 6.07) is 10.8. The molecule has 11 heteroatoms. The van der Waals surface area contributed by atoms with Gasteiger partial charge in [-0.1, -0.05) is 26.8 Å². The molecule has 0 radical (unpaired) electrons. The van der Waals surface area contributed by atoms with Crippen LogP contribution in [0, 0.1) is 29.0 Å². The van der Waals surface area contributed by atoms with Crippen LogP contribution in [0.5, 0.6) is 5.75 Å². The van der Waals surface area contributed by atoms with Crippen molar-refractivity contribution in [1.29, 1.82) is 0 Å². The molecule has 0 spiro atoms. The van der Waals surface area contributed by atoms with E-state index in [-0.39, 0.29) is 11.4 Å². The molecule has 49 heavy (non-hydrogen) atoms. The van der Waals surface area contributed by atoms with Gasteiger partial charge in [0.05, 0.1) is 43.6 Å². The normalized spacial score (nSPS) is 26.1. The maximum atomic E-state index is 14.5. The molecule has 2 saturated heterocycles. The van der Waals surface area contributed by atoms with Gasteiger partial charge in [-0.3, -0.25) is 19.2 Å². The molecule has 3 heterocycles. The molecule has 5 aliphatic rings. The first-order valence-electron chi connectivity index (χ1n) is 18.1. The number of morpholine rings is 1. The Hall–Kier alpha value is -3.54. The average molecular weight is 674 g/mol. The molecule has 1 N–H and O–H groups in total. The van der Waals surface area contributed by atoms with Crippen LogP contribution in [0.1, 0.15) is 39.2 Å². The van der Waals surface area contributed by atoms with Crippen molar-refractivity contribution < 1.29 is 13.9 Å². The Balaban J connectivity index is 1.06. The Morgan fingerprint density at radius 1 is 1.02 bits per heavy atom. The van der Waals surface area contributed by atoms with Crippen LogP contribution in [-0.2, 0) is 17.7 Å². The van der Waals surface area contributed by atoms with Gasteiger partial charge in [-0.05, 0) is 72.3 Å². The standard InChI is InChI=1S/C38H52FN7O3/c1-26-32-21-28(38(32,2)3)22-34(26)42-37(45-15-13-43(14-16-45)11-12-44-17-19-49-20-18-44)41-29-6-8-31-35(23-29)40-25-46(36(31)47)10-9-27-5-7-30(48-4)24-33(27)39/h5-8,23-26,28,32,34H,9-22H2,1-4H3,(H,41,42)/t26-,28-,32+,34-/m0/s1. The molecule has 8 rings (SSSR count). The zero-order valence-electron chi connectivity index (χ0n) is 29.5. The van der Waals surface area contributed by atoms with Gasteiger partial charge in [0.15, 0.2) is 5.96 Å². The Kier molecular flexibility index (Phi) is 9.95.